The van der Waals surface area contributed by atoms with Crippen molar-refractivity contribution >= 4 is 37.5 Å². The molecule has 6 heteroatoms. The Morgan fingerprint density at radius 3 is 2.60 bits per heavy atom. The maximum Gasteiger partial charge on any atom is 0.258 e. The van der Waals surface area contributed by atoms with Gasteiger partial charge < -0.3 is 10.3 Å². The minimum atomic E-state index is 0.444. The molecular formula is C14H9Br2N3O. The standard InChI is InChI=1S/C14H9Br2N3O/c15-10-3-1-2-8(6-10)13-18-14(20-19-13)9-4-5-11(16)12(17)7-9/h1-7H,17H2. The molecule has 0 saturated heterocycles. The zero-order chi connectivity index (χ0) is 14.1. The van der Waals surface area contributed by atoms with E-state index in [1.54, 1.807) is 6.07 Å². The quantitative estimate of drug-likeness (QED) is 0.649. The van der Waals surface area contributed by atoms with E-state index in [0.29, 0.717) is 17.4 Å². The number of nitrogen functional groups attached to an aromatic ring is 1. The summed E-state index contributed by atoms with van der Waals surface area (Å²) < 4.78 is 7.10. The van der Waals surface area contributed by atoms with Crippen LogP contribution in [0.1, 0.15) is 0 Å². The van der Waals surface area contributed by atoms with Crippen LogP contribution in [-0.4, -0.2) is 10.1 Å². The van der Waals surface area contributed by atoms with Gasteiger partial charge in [-0.1, -0.05) is 33.2 Å². The van der Waals surface area contributed by atoms with E-state index in [1.165, 1.54) is 0 Å². The molecule has 0 unspecified atom stereocenters. The average molecular weight is 395 g/mol. The molecule has 0 aliphatic rings. The van der Waals surface area contributed by atoms with Gasteiger partial charge in [0.05, 0.1) is 0 Å². The highest BCUT2D eigenvalue weighted by Gasteiger charge is 2.11. The van der Waals surface area contributed by atoms with Gasteiger partial charge in [0.25, 0.3) is 5.89 Å². The maximum atomic E-state index is 5.85. The van der Waals surface area contributed by atoms with E-state index < -0.39 is 0 Å². The smallest absolute Gasteiger partial charge is 0.258 e. The van der Waals surface area contributed by atoms with E-state index in [2.05, 4.69) is 42.0 Å². The van der Waals surface area contributed by atoms with Crippen molar-refractivity contribution in [2.24, 2.45) is 0 Å². The fourth-order valence-corrected chi connectivity index (χ4v) is 2.41. The Morgan fingerprint density at radius 1 is 1.00 bits per heavy atom. The first kappa shape index (κ1) is 13.3. The Hall–Kier alpha value is -1.66. The second kappa shape index (κ2) is 5.38. The molecule has 0 amide bonds. The van der Waals surface area contributed by atoms with E-state index >= 15 is 0 Å². The summed E-state index contributed by atoms with van der Waals surface area (Å²) in [6.45, 7) is 0. The SMILES string of the molecule is Nc1cc(-c2nc(-c3cccc(Br)c3)no2)ccc1Br. The first-order valence-corrected chi connectivity index (χ1v) is 7.37. The van der Waals surface area contributed by atoms with Crippen molar-refractivity contribution in [1.82, 2.24) is 10.1 Å². The number of hydrogen-bond acceptors (Lipinski definition) is 4. The van der Waals surface area contributed by atoms with Crippen molar-refractivity contribution in [3.63, 3.8) is 0 Å². The molecule has 0 atom stereocenters. The molecule has 1 heterocycles. The van der Waals surface area contributed by atoms with Crippen molar-refractivity contribution in [3.05, 3.63) is 51.4 Å². The molecule has 1 aromatic heterocycles. The fraction of sp³-hybridized carbons (Fsp3) is 0. The Labute approximate surface area is 132 Å². The molecule has 3 rings (SSSR count). The lowest BCUT2D eigenvalue weighted by Crippen LogP contribution is -1.87. The van der Waals surface area contributed by atoms with E-state index in [0.717, 1.165) is 20.1 Å². The van der Waals surface area contributed by atoms with Gasteiger partial charge in [-0.3, -0.25) is 0 Å². The normalized spacial score (nSPS) is 10.7. The van der Waals surface area contributed by atoms with Crippen LogP contribution < -0.4 is 5.73 Å². The molecule has 100 valence electrons. The van der Waals surface area contributed by atoms with Crippen molar-refractivity contribution in [3.8, 4) is 22.8 Å². The van der Waals surface area contributed by atoms with Crippen LogP contribution in [0, 0.1) is 0 Å². The minimum Gasteiger partial charge on any atom is -0.398 e. The summed E-state index contributed by atoms with van der Waals surface area (Å²) in [4.78, 5) is 4.39. The predicted molar refractivity (Wildman–Crippen MR) is 85.0 cm³/mol. The fourth-order valence-electron chi connectivity index (χ4n) is 1.76. The zero-order valence-corrected chi connectivity index (χ0v) is 13.3. The summed E-state index contributed by atoms with van der Waals surface area (Å²) in [7, 11) is 0. The molecule has 0 saturated carbocycles. The van der Waals surface area contributed by atoms with Gasteiger partial charge in [-0.25, -0.2) is 0 Å². The molecule has 3 aromatic rings. The molecule has 4 nitrogen and oxygen atoms in total. The highest BCUT2D eigenvalue weighted by atomic mass is 79.9. The maximum absolute atomic E-state index is 5.85. The van der Waals surface area contributed by atoms with Gasteiger partial charge in [0.15, 0.2) is 0 Å². The van der Waals surface area contributed by atoms with Crippen molar-refractivity contribution in [2.75, 3.05) is 5.73 Å². The lowest BCUT2D eigenvalue weighted by Gasteiger charge is -1.99. The number of benzene rings is 2. The monoisotopic (exact) mass is 393 g/mol. The Bertz CT molecular complexity index is 771. The number of halogens is 2. The first-order valence-electron chi connectivity index (χ1n) is 5.78. The second-order valence-electron chi connectivity index (χ2n) is 4.17. The summed E-state index contributed by atoms with van der Waals surface area (Å²) in [5.74, 6) is 0.988. The zero-order valence-electron chi connectivity index (χ0n) is 10.2. The van der Waals surface area contributed by atoms with Crippen molar-refractivity contribution < 1.29 is 4.52 Å². The third-order valence-electron chi connectivity index (χ3n) is 2.75. The van der Waals surface area contributed by atoms with E-state index in [4.69, 9.17) is 10.3 Å². The number of nitrogens with zero attached hydrogens (tertiary/aromatic N) is 2. The van der Waals surface area contributed by atoms with Crippen LogP contribution in [0.2, 0.25) is 0 Å². The average Bonchev–Trinajstić information content (AvgIpc) is 2.92. The van der Waals surface area contributed by atoms with Gasteiger partial charge in [0.2, 0.25) is 5.82 Å². The first-order chi connectivity index (χ1) is 9.63. The summed E-state index contributed by atoms with van der Waals surface area (Å²) >= 11 is 6.78. The van der Waals surface area contributed by atoms with E-state index in [9.17, 15) is 0 Å². The lowest BCUT2D eigenvalue weighted by molar-refractivity contribution is 0.432. The Kier molecular flexibility index (Phi) is 3.58. The lowest BCUT2D eigenvalue weighted by atomic mass is 10.2. The summed E-state index contributed by atoms with van der Waals surface area (Å²) in [6.07, 6.45) is 0. The molecule has 0 bridgehead atoms. The highest BCUT2D eigenvalue weighted by Crippen LogP contribution is 2.28. The van der Waals surface area contributed by atoms with E-state index in [1.807, 2.05) is 36.4 Å². The number of anilines is 1. The number of nitrogens with two attached hydrogens (primary N) is 1. The molecule has 0 fully saturated rings. The molecule has 0 radical (unpaired) electrons. The van der Waals surface area contributed by atoms with Gasteiger partial charge in [0.1, 0.15) is 0 Å². The van der Waals surface area contributed by atoms with Gasteiger partial charge in [0, 0.05) is 25.8 Å². The summed E-state index contributed by atoms with van der Waals surface area (Å²) in [6, 6.07) is 13.3. The van der Waals surface area contributed by atoms with Gasteiger partial charge in [-0.05, 0) is 46.3 Å². The summed E-state index contributed by atoms with van der Waals surface area (Å²) in [5, 5.41) is 4.00. The van der Waals surface area contributed by atoms with Crippen LogP contribution in [0.4, 0.5) is 5.69 Å². The molecule has 2 N–H and O–H groups in total. The molecular weight excluding hydrogens is 386 g/mol. The van der Waals surface area contributed by atoms with Crippen LogP contribution in [0.3, 0.4) is 0 Å². The van der Waals surface area contributed by atoms with Crippen LogP contribution in [0.25, 0.3) is 22.8 Å². The molecule has 20 heavy (non-hydrogen) atoms. The third kappa shape index (κ3) is 2.62. The van der Waals surface area contributed by atoms with E-state index in [-0.39, 0.29) is 0 Å². The number of aromatic nitrogens is 2. The summed E-state index contributed by atoms with van der Waals surface area (Å²) in [5.41, 5.74) is 8.16. The van der Waals surface area contributed by atoms with Crippen molar-refractivity contribution in [2.45, 2.75) is 0 Å². The number of hydrogen-bond donors (Lipinski definition) is 1. The predicted octanol–water partition coefficient (Wildman–Crippen LogP) is 4.51. The topological polar surface area (TPSA) is 64.9 Å². The van der Waals surface area contributed by atoms with Gasteiger partial charge in [-0.2, -0.15) is 4.98 Å². The number of rotatable bonds is 2. The molecule has 0 aliphatic carbocycles. The largest absolute Gasteiger partial charge is 0.398 e. The third-order valence-corrected chi connectivity index (χ3v) is 3.97. The second-order valence-corrected chi connectivity index (χ2v) is 5.94. The van der Waals surface area contributed by atoms with Crippen LogP contribution in [-0.2, 0) is 0 Å². The van der Waals surface area contributed by atoms with Crippen LogP contribution >= 0.6 is 31.9 Å². The highest BCUT2D eigenvalue weighted by molar-refractivity contribution is 9.10. The molecule has 0 spiro atoms. The molecule has 2 aromatic carbocycles. The van der Waals surface area contributed by atoms with Gasteiger partial charge >= 0.3 is 0 Å². The molecule has 0 aliphatic heterocycles. The van der Waals surface area contributed by atoms with Crippen LogP contribution in [0.15, 0.2) is 55.9 Å². The Morgan fingerprint density at radius 2 is 1.85 bits per heavy atom. The van der Waals surface area contributed by atoms with Crippen LogP contribution in [0.5, 0.6) is 0 Å². The minimum absolute atomic E-state index is 0.444. The van der Waals surface area contributed by atoms with Crippen molar-refractivity contribution in [1.29, 1.82) is 0 Å². The van der Waals surface area contributed by atoms with Gasteiger partial charge in [-0.15, -0.1) is 0 Å². The Balaban J connectivity index is 1.99.